The molecule has 150 valence electrons. The molecule has 2 aliphatic heterocycles. The van der Waals surface area contributed by atoms with Gasteiger partial charge in [0.1, 0.15) is 0 Å². The van der Waals surface area contributed by atoms with Crippen LogP contribution in [-0.2, 0) is 14.8 Å². The molecule has 0 spiro atoms. The Morgan fingerprint density at radius 1 is 1.30 bits per heavy atom. The monoisotopic (exact) mass is 394 g/mol. The summed E-state index contributed by atoms with van der Waals surface area (Å²) in [5, 5.41) is 6.65. The quantitative estimate of drug-likeness (QED) is 0.370. The molecular weight excluding hydrogens is 364 g/mol. The van der Waals surface area contributed by atoms with Gasteiger partial charge in [0, 0.05) is 13.1 Å². The Labute approximate surface area is 162 Å². The Balaban J connectivity index is 1.55. The third-order valence-corrected chi connectivity index (χ3v) is 6.68. The summed E-state index contributed by atoms with van der Waals surface area (Å²) in [5.41, 5.74) is 1.66. The van der Waals surface area contributed by atoms with Gasteiger partial charge < -0.3 is 15.4 Å². The molecule has 0 amide bonds. The van der Waals surface area contributed by atoms with Crippen LogP contribution in [-0.4, -0.2) is 52.3 Å². The van der Waals surface area contributed by atoms with Gasteiger partial charge in [-0.15, -0.1) is 0 Å². The lowest BCUT2D eigenvalue weighted by Crippen LogP contribution is -2.47. The molecule has 1 aromatic rings. The number of hydrogen-bond acceptors (Lipinski definition) is 4. The Morgan fingerprint density at radius 2 is 2.11 bits per heavy atom. The first kappa shape index (κ1) is 20.1. The fourth-order valence-electron chi connectivity index (χ4n) is 3.71. The smallest absolute Gasteiger partial charge is 0.240 e. The SMILES string of the molecule is CCNC(=NCCNS(=O)(=O)c1cc(C)ccc1C)NC1CC2CCC1O2. The average Bonchev–Trinajstić information content (AvgIpc) is 3.24. The van der Waals surface area contributed by atoms with E-state index in [0.29, 0.717) is 23.5 Å². The van der Waals surface area contributed by atoms with Gasteiger partial charge in [0.2, 0.25) is 10.0 Å². The Morgan fingerprint density at radius 3 is 2.78 bits per heavy atom. The first-order chi connectivity index (χ1) is 12.9. The number of ether oxygens (including phenoxy) is 1. The predicted molar refractivity (Wildman–Crippen MR) is 107 cm³/mol. The number of guanidine groups is 1. The minimum absolute atomic E-state index is 0.250. The van der Waals surface area contributed by atoms with Crippen molar-refractivity contribution in [1.82, 2.24) is 15.4 Å². The Bertz CT molecular complexity index is 794. The predicted octanol–water partition coefficient (Wildman–Crippen LogP) is 1.46. The van der Waals surface area contributed by atoms with E-state index >= 15 is 0 Å². The minimum Gasteiger partial charge on any atom is -0.373 e. The van der Waals surface area contributed by atoms with Gasteiger partial charge in [-0.2, -0.15) is 0 Å². The van der Waals surface area contributed by atoms with Crippen LogP contribution in [0.5, 0.6) is 0 Å². The van der Waals surface area contributed by atoms with Gasteiger partial charge >= 0.3 is 0 Å². The molecule has 2 bridgehead atoms. The Hall–Kier alpha value is -1.64. The van der Waals surface area contributed by atoms with Crippen LogP contribution in [0.1, 0.15) is 37.3 Å². The molecule has 0 aliphatic carbocycles. The fraction of sp³-hybridized carbons (Fsp3) is 0.632. The molecule has 3 atom stereocenters. The van der Waals surface area contributed by atoms with E-state index < -0.39 is 10.0 Å². The first-order valence-electron chi connectivity index (χ1n) is 9.66. The van der Waals surface area contributed by atoms with Crippen LogP contribution in [0.4, 0.5) is 0 Å². The summed E-state index contributed by atoms with van der Waals surface area (Å²) in [7, 11) is -3.53. The molecule has 2 saturated heterocycles. The lowest BCUT2D eigenvalue weighted by Gasteiger charge is -2.22. The third-order valence-electron chi connectivity index (χ3n) is 5.08. The third kappa shape index (κ3) is 5.00. The van der Waals surface area contributed by atoms with E-state index in [-0.39, 0.29) is 18.7 Å². The van der Waals surface area contributed by atoms with Crippen LogP contribution < -0.4 is 15.4 Å². The van der Waals surface area contributed by atoms with Crippen molar-refractivity contribution in [3.05, 3.63) is 29.3 Å². The number of sulfonamides is 1. The van der Waals surface area contributed by atoms with E-state index in [2.05, 4.69) is 20.3 Å². The van der Waals surface area contributed by atoms with Gasteiger partial charge in [-0.3, -0.25) is 4.99 Å². The normalized spacial score (nSPS) is 25.0. The van der Waals surface area contributed by atoms with Gasteiger partial charge in [-0.25, -0.2) is 13.1 Å². The van der Waals surface area contributed by atoms with Crippen LogP contribution >= 0.6 is 0 Å². The fourth-order valence-corrected chi connectivity index (χ4v) is 5.06. The molecule has 0 radical (unpaired) electrons. The van der Waals surface area contributed by atoms with E-state index in [1.807, 2.05) is 26.0 Å². The maximum Gasteiger partial charge on any atom is 0.240 e. The molecule has 3 N–H and O–H groups in total. The number of hydrogen-bond donors (Lipinski definition) is 3. The first-order valence-corrected chi connectivity index (χ1v) is 11.1. The number of benzene rings is 1. The zero-order valence-corrected chi connectivity index (χ0v) is 17.1. The second-order valence-electron chi connectivity index (χ2n) is 7.29. The summed E-state index contributed by atoms with van der Waals surface area (Å²) in [6, 6.07) is 5.72. The summed E-state index contributed by atoms with van der Waals surface area (Å²) in [6.07, 6.45) is 3.89. The van der Waals surface area contributed by atoms with Crippen molar-refractivity contribution < 1.29 is 13.2 Å². The zero-order chi connectivity index (χ0) is 19.4. The number of nitrogens with zero attached hydrogens (tertiary/aromatic N) is 1. The molecule has 0 aromatic heterocycles. The van der Waals surface area contributed by atoms with Gasteiger partial charge in [-0.05, 0) is 57.2 Å². The molecule has 2 aliphatic rings. The van der Waals surface area contributed by atoms with E-state index in [1.165, 1.54) is 0 Å². The lowest BCUT2D eigenvalue weighted by atomic mass is 9.96. The van der Waals surface area contributed by atoms with Crippen LogP contribution in [0.3, 0.4) is 0 Å². The standard InChI is InChI=1S/C19H30N4O3S/c1-4-20-19(23-16-12-15-7-8-17(16)26-15)21-9-10-22-27(24,25)18-11-13(2)5-6-14(18)3/h5-6,11,15-17,22H,4,7-10,12H2,1-3H3,(H2,20,21,23). The van der Waals surface area contributed by atoms with Crippen molar-refractivity contribution in [3.8, 4) is 0 Å². The van der Waals surface area contributed by atoms with Crippen molar-refractivity contribution in [3.63, 3.8) is 0 Å². The molecule has 1 aromatic carbocycles. The minimum atomic E-state index is -3.53. The second-order valence-corrected chi connectivity index (χ2v) is 9.02. The summed E-state index contributed by atoms with van der Waals surface area (Å²) in [5.74, 6) is 0.713. The van der Waals surface area contributed by atoms with Crippen molar-refractivity contribution >= 4 is 16.0 Å². The second kappa shape index (κ2) is 8.58. The van der Waals surface area contributed by atoms with Crippen molar-refractivity contribution in [2.24, 2.45) is 4.99 Å². The lowest BCUT2D eigenvalue weighted by molar-refractivity contribution is 0.0992. The summed E-state index contributed by atoms with van der Waals surface area (Å²) in [6.45, 7) is 7.06. The molecule has 3 rings (SSSR count). The van der Waals surface area contributed by atoms with Gasteiger partial charge in [0.15, 0.2) is 5.96 Å². The summed E-state index contributed by atoms with van der Waals surface area (Å²) < 4.78 is 33.6. The molecule has 2 fully saturated rings. The van der Waals surface area contributed by atoms with Crippen LogP contribution in [0.15, 0.2) is 28.1 Å². The molecule has 3 unspecified atom stereocenters. The highest BCUT2D eigenvalue weighted by molar-refractivity contribution is 7.89. The molecule has 0 saturated carbocycles. The maximum absolute atomic E-state index is 12.5. The van der Waals surface area contributed by atoms with Gasteiger partial charge in [0.25, 0.3) is 0 Å². The van der Waals surface area contributed by atoms with E-state index in [4.69, 9.17) is 4.74 Å². The van der Waals surface area contributed by atoms with Crippen LogP contribution in [0, 0.1) is 13.8 Å². The average molecular weight is 395 g/mol. The van der Waals surface area contributed by atoms with Crippen LogP contribution in [0.2, 0.25) is 0 Å². The Kier molecular flexibility index (Phi) is 6.39. The van der Waals surface area contributed by atoms with E-state index in [1.54, 1.807) is 13.0 Å². The van der Waals surface area contributed by atoms with Crippen molar-refractivity contribution in [2.45, 2.75) is 63.2 Å². The van der Waals surface area contributed by atoms with Crippen molar-refractivity contribution in [2.75, 3.05) is 19.6 Å². The molecular formula is C19H30N4O3S. The molecule has 2 heterocycles. The van der Waals surface area contributed by atoms with Gasteiger partial charge in [-0.1, -0.05) is 12.1 Å². The highest BCUT2D eigenvalue weighted by Crippen LogP contribution is 2.34. The molecule has 27 heavy (non-hydrogen) atoms. The van der Waals surface area contributed by atoms with Gasteiger partial charge in [0.05, 0.1) is 29.7 Å². The topological polar surface area (TPSA) is 91.8 Å². The largest absolute Gasteiger partial charge is 0.373 e. The number of aliphatic imine (C=N–C) groups is 1. The number of fused-ring (bicyclic) bond motifs is 2. The van der Waals surface area contributed by atoms with Crippen molar-refractivity contribution in [1.29, 1.82) is 0 Å². The van der Waals surface area contributed by atoms with E-state index in [0.717, 1.165) is 36.9 Å². The molecule has 8 heteroatoms. The maximum atomic E-state index is 12.5. The summed E-state index contributed by atoms with van der Waals surface area (Å²) in [4.78, 5) is 4.84. The number of nitrogens with one attached hydrogen (secondary N) is 3. The highest BCUT2D eigenvalue weighted by Gasteiger charge is 2.41. The highest BCUT2D eigenvalue weighted by atomic mass is 32.2. The number of aryl methyl sites for hydroxylation is 2. The van der Waals surface area contributed by atoms with Crippen LogP contribution in [0.25, 0.3) is 0 Å². The summed E-state index contributed by atoms with van der Waals surface area (Å²) >= 11 is 0. The number of rotatable bonds is 7. The zero-order valence-electron chi connectivity index (χ0n) is 16.3. The van der Waals surface area contributed by atoms with E-state index in [9.17, 15) is 8.42 Å². The molecule has 7 nitrogen and oxygen atoms in total.